The van der Waals surface area contributed by atoms with E-state index < -0.39 is 24.6 Å². The largest absolute Gasteiger partial charge is 0.469 e. The summed E-state index contributed by atoms with van der Waals surface area (Å²) in [4.78, 5) is 21.9. The summed E-state index contributed by atoms with van der Waals surface area (Å²) in [6, 6.07) is 0. The molecule has 0 aliphatic heterocycles. The van der Waals surface area contributed by atoms with Crippen LogP contribution in [0.3, 0.4) is 0 Å². The van der Waals surface area contributed by atoms with E-state index in [1.807, 2.05) is 0 Å². The third kappa shape index (κ3) is 8.84. The molecular weight excluding hydrogens is 259 g/mol. The smallest absolute Gasteiger partial charge is 0.405 e. The van der Waals surface area contributed by atoms with Crippen LogP contribution in [0.15, 0.2) is 0 Å². The molecule has 0 aliphatic carbocycles. The van der Waals surface area contributed by atoms with Crippen molar-refractivity contribution < 1.29 is 27.5 Å². The van der Waals surface area contributed by atoms with Crippen molar-refractivity contribution in [2.45, 2.75) is 13.1 Å². The first-order chi connectivity index (χ1) is 7.76. The first-order valence-electron chi connectivity index (χ1n) is 4.75. The van der Waals surface area contributed by atoms with Crippen LogP contribution in [0, 0.1) is 5.92 Å². The maximum Gasteiger partial charge on any atom is 0.405 e. The van der Waals surface area contributed by atoms with Gasteiger partial charge in [-0.3, -0.25) is 9.59 Å². The number of halogens is 3. The Morgan fingerprint density at radius 3 is 2.47 bits per heavy atom. The molecule has 0 aromatic carbocycles. The normalized spacial score (nSPS) is 13.0. The molecule has 1 unspecified atom stereocenters. The number of carbonyl (C=O) groups excluding carboxylic acids is 2. The Morgan fingerprint density at radius 2 is 2.00 bits per heavy atom. The second kappa shape index (κ2) is 7.41. The number of hydrogen-bond acceptors (Lipinski definition) is 4. The van der Waals surface area contributed by atoms with Crippen molar-refractivity contribution in [2.75, 3.05) is 25.2 Å². The van der Waals surface area contributed by atoms with Crippen molar-refractivity contribution in [1.29, 1.82) is 0 Å². The SMILES string of the molecule is COC(=O)C(C)CSCC(=O)NCC(F)(F)F. The molecule has 0 heterocycles. The zero-order chi connectivity index (χ0) is 13.5. The number of hydrogen-bond donors (Lipinski definition) is 1. The molecule has 0 radical (unpaired) electrons. The van der Waals surface area contributed by atoms with Gasteiger partial charge in [0.15, 0.2) is 0 Å². The second-order valence-electron chi connectivity index (χ2n) is 3.33. The van der Waals surface area contributed by atoms with Crippen LogP contribution >= 0.6 is 11.8 Å². The number of ether oxygens (including phenoxy) is 1. The Hall–Kier alpha value is -0.920. The maximum atomic E-state index is 11.7. The molecule has 0 saturated heterocycles. The zero-order valence-electron chi connectivity index (χ0n) is 9.47. The Bertz CT molecular complexity index is 271. The number of alkyl halides is 3. The van der Waals surface area contributed by atoms with Gasteiger partial charge >= 0.3 is 12.1 Å². The number of amides is 1. The molecule has 0 rings (SSSR count). The van der Waals surface area contributed by atoms with Crippen molar-refractivity contribution in [3.8, 4) is 0 Å². The standard InChI is InChI=1S/C9H14F3NO3S/c1-6(8(15)16-2)3-17-4-7(14)13-5-9(10,11)12/h6H,3-5H2,1-2H3,(H,13,14). The summed E-state index contributed by atoms with van der Waals surface area (Å²) < 4.78 is 39.7. The average Bonchev–Trinajstić information content (AvgIpc) is 2.24. The van der Waals surface area contributed by atoms with Crippen molar-refractivity contribution >= 4 is 23.6 Å². The molecule has 8 heteroatoms. The fraction of sp³-hybridized carbons (Fsp3) is 0.778. The lowest BCUT2D eigenvalue weighted by molar-refractivity contribution is -0.144. The van der Waals surface area contributed by atoms with E-state index in [4.69, 9.17) is 0 Å². The Balaban J connectivity index is 3.68. The first-order valence-corrected chi connectivity index (χ1v) is 5.90. The molecule has 0 spiro atoms. The molecule has 0 bridgehead atoms. The third-order valence-corrected chi connectivity index (χ3v) is 2.89. The molecule has 0 fully saturated rings. The van der Waals surface area contributed by atoms with Crippen LogP contribution in [0.5, 0.6) is 0 Å². The average molecular weight is 273 g/mol. The van der Waals surface area contributed by atoms with Crippen LogP contribution in [-0.4, -0.2) is 43.2 Å². The van der Waals surface area contributed by atoms with Crippen molar-refractivity contribution in [3.05, 3.63) is 0 Å². The molecule has 1 atom stereocenters. The van der Waals surface area contributed by atoms with Gasteiger partial charge in [-0.1, -0.05) is 6.92 Å². The summed E-state index contributed by atoms with van der Waals surface area (Å²) in [6.07, 6.45) is -4.40. The van der Waals surface area contributed by atoms with E-state index in [-0.39, 0.29) is 11.7 Å². The van der Waals surface area contributed by atoms with Gasteiger partial charge < -0.3 is 10.1 Å². The van der Waals surface area contributed by atoms with Crippen LogP contribution < -0.4 is 5.32 Å². The van der Waals surface area contributed by atoms with E-state index >= 15 is 0 Å². The molecule has 1 amide bonds. The van der Waals surface area contributed by atoms with E-state index in [0.717, 1.165) is 11.8 Å². The van der Waals surface area contributed by atoms with Gasteiger partial charge in [0.1, 0.15) is 6.54 Å². The monoisotopic (exact) mass is 273 g/mol. The van der Waals surface area contributed by atoms with Gasteiger partial charge in [0.05, 0.1) is 18.8 Å². The lowest BCUT2D eigenvalue weighted by Gasteiger charge is -2.10. The van der Waals surface area contributed by atoms with Gasteiger partial charge in [-0.25, -0.2) is 0 Å². The van der Waals surface area contributed by atoms with Crippen LogP contribution in [0.4, 0.5) is 13.2 Å². The highest BCUT2D eigenvalue weighted by Gasteiger charge is 2.27. The fourth-order valence-corrected chi connectivity index (χ4v) is 1.74. The topological polar surface area (TPSA) is 55.4 Å². The molecule has 1 N–H and O–H groups in total. The highest BCUT2D eigenvalue weighted by Crippen LogP contribution is 2.13. The van der Waals surface area contributed by atoms with Crippen LogP contribution in [-0.2, 0) is 14.3 Å². The highest BCUT2D eigenvalue weighted by molar-refractivity contribution is 7.99. The van der Waals surface area contributed by atoms with Crippen LogP contribution in [0.2, 0.25) is 0 Å². The molecule has 100 valence electrons. The van der Waals surface area contributed by atoms with E-state index in [1.54, 1.807) is 12.2 Å². The molecule has 17 heavy (non-hydrogen) atoms. The number of esters is 1. The summed E-state index contributed by atoms with van der Waals surface area (Å²) in [5, 5.41) is 1.74. The molecule has 4 nitrogen and oxygen atoms in total. The van der Waals surface area contributed by atoms with E-state index in [0.29, 0.717) is 5.75 Å². The minimum absolute atomic E-state index is 0.114. The third-order valence-electron chi connectivity index (χ3n) is 1.69. The zero-order valence-corrected chi connectivity index (χ0v) is 10.3. The van der Waals surface area contributed by atoms with Gasteiger partial charge in [0.2, 0.25) is 5.91 Å². The number of thioether (sulfide) groups is 1. The lowest BCUT2D eigenvalue weighted by Crippen LogP contribution is -2.35. The summed E-state index contributed by atoms with van der Waals surface area (Å²) in [7, 11) is 1.25. The molecule has 0 saturated carbocycles. The summed E-state index contributed by atoms with van der Waals surface area (Å²) >= 11 is 1.08. The summed E-state index contributed by atoms with van der Waals surface area (Å²) in [5.41, 5.74) is 0. The lowest BCUT2D eigenvalue weighted by atomic mass is 10.2. The van der Waals surface area contributed by atoms with Crippen molar-refractivity contribution in [3.63, 3.8) is 0 Å². The highest BCUT2D eigenvalue weighted by atomic mass is 32.2. The predicted molar refractivity (Wildman–Crippen MR) is 57.6 cm³/mol. The molecule has 0 aromatic rings. The number of nitrogens with one attached hydrogen (secondary N) is 1. The van der Waals surface area contributed by atoms with E-state index in [1.165, 1.54) is 7.11 Å². The molecular formula is C9H14F3NO3S. The van der Waals surface area contributed by atoms with E-state index in [2.05, 4.69) is 4.74 Å². The first kappa shape index (κ1) is 16.1. The second-order valence-corrected chi connectivity index (χ2v) is 4.36. The Morgan fingerprint density at radius 1 is 1.41 bits per heavy atom. The van der Waals surface area contributed by atoms with Gasteiger partial charge in [0, 0.05) is 5.75 Å². The number of rotatable bonds is 6. The Kier molecular flexibility index (Phi) is 7.01. The van der Waals surface area contributed by atoms with Gasteiger partial charge in [0.25, 0.3) is 0 Å². The summed E-state index contributed by atoms with van der Waals surface area (Å²) in [6.45, 7) is 0.283. The van der Waals surface area contributed by atoms with E-state index in [9.17, 15) is 22.8 Å². The summed E-state index contributed by atoms with van der Waals surface area (Å²) in [5.74, 6) is -1.29. The minimum Gasteiger partial charge on any atom is -0.469 e. The van der Waals surface area contributed by atoms with Gasteiger partial charge in [-0.05, 0) is 0 Å². The Labute approximate surface area is 101 Å². The van der Waals surface area contributed by atoms with Gasteiger partial charge in [-0.2, -0.15) is 24.9 Å². The fourth-order valence-electron chi connectivity index (χ4n) is 0.847. The molecule has 0 aliphatic rings. The number of carbonyl (C=O) groups is 2. The quantitative estimate of drug-likeness (QED) is 0.739. The molecule has 0 aromatic heterocycles. The van der Waals surface area contributed by atoms with Crippen molar-refractivity contribution in [1.82, 2.24) is 5.32 Å². The predicted octanol–water partition coefficient (Wildman–Crippen LogP) is 1.21. The van der Waals surface area contributed by atoms with Crippen LogP contribution in [0.25, 0.3) is 0 Å². The van der Waals surface area contributed by atoms with Crippen molar-refractivity contribution in [2.24, 2.45) is 5.92 Å². The van der Waals surface area contributed by atoms with Crippen LogP contribution in [0.1, 0.15) is 6.92 Å². The minimum atomic E-state index is -4.40. The maximum absolute atomic E-state index is 11.7. The number of methoxy groups -OCH3 is 1. The van der Waals surface area contributed by atoms with Gasteiger partial charge in [-0.15, -0.1) is 0 Å².